The summed E-state index contributed by atoms with van der Waals surface area (Å²) in [4.78, 5) is 24.1. The van der Waals surface area contributed by atoms with Crippen molar-refractivity contribution in [1.82, 2.24) is 4.90 Å². The molecule has 0 radical (unpaired) electrons. The van der Waals surface area contributed by atoms with Crippen LogP contribution >= 0.6 is 0 Å². The zero-order valence-electron chi connectivity index (χ0n) is 8.22. The largest absolute Gasteiger partial charge is 0.319 e. The molecule has 0 aromatic heterocycles. The summed E-state index contributed by atoms with van der Waals surface area (Å²) < 4.78 is 0. The standard InChI is InChI=1S/C11H12N2O2/c12-9-6-10(14)13(11(9)15)7-8-4-2-1-3-5-8/h1-5,9H,6-7,12H2/t9-/m1/s1. The van der Waals surface area contributed by atoms with Gasteiger partial charge in [-0.2, -0.15) is 0 Å². The summed E-state index contributed by atoms with van der Waals surface area (Å²) in [5.41, 5.74) is 6.44. The van der Waals surface area contributed by atoms with Gasteiger partial charge in [0, 0.05) is 0 Å². The smallest absolute Gasteiger partial charge is 0.246 e. The first-order valence-corrected chi connectivity index (χ1v) is 4.82. The lowest BCUT2D eigenvalue weighted by Gasteiger charge is -2.13. The van der Waals surface area contributed by atoms with Crippen molar-refractivity contribution >= 4 is 11.8 Å². The number of nitrogens with zero attached hydrogens (tertiary/aromatic N) is 1. The molecular formula is C11H12N2O2. The fourth-order valence-corrected chi connectivity index (χ4v) is 1.64. The average molecular weight is 204 g/mol. The minimum Gasteiger partial charge on any atom is -0.319 e. The quantitative estimate of drug-likeness (QED) is 0.703. The molecule has 1 aliphatic heterocycles. The predicted octanol–water partition coefficient (Wildman–Crippen LogP) is 0.273. The van der Waals surface area contributed by atoms with Crippen molar-refractivity contribution in [3.05, 3.63) is 35.9 Å². The number of hydrogen-bond donors (Lipinski definition) is 1. The van der Waals surface area contributed by atoms with Crippen LogP contribution in [0.1, 0.15) is 12.0 Å². The molecule has 1 aromatic carbocycles. The molecule has 2 rings (SSSR count). The Bertz CT molecular complexity index is 389. The summed E-state index contributed by atoms with van der Waals surface area (Å²) in [6, 6.07) is 8.75. The summed E-state index contributed by atoms with van der Waals surface area (Å²) in [6.07, 6.45) is 0.131. The van der Waals surface area contributed by atoms with E-state index in [1.165, 1.54) is 4.90 Å². The van der Waals surface area contributed by atoms with Crippen LogP contribution in [0.15, 0.2) is 30.3 Å². The summed E-state index contributed by atoms with van der Waals surface area (Å²) in [6.45, 7) is 0.326. The Kier molecular flexibility index (Phi) is 2.51. The molecule has 1 aliphatic rings. The van der Waals surface area contributed by atoms with Crippen molar-refractivity contribution in [2.45, 2.75) is 19.0 Å². The average Bonchev–Trinajstić information content (AvgIpc) is 2.47. The molecule has 1 heterocycles. The molecule has 2 N–H and O–H groups in total. The second-order valence-electron chi connectivity index (χ2n) is 3.61. The molecule has 1 saturated heterocycles. The van der Waals surface area contributed by atoms with E-state index in [-0.39, 0.29) is 18.2 Å². The van der Waals surface area contributed by atoms with Crippen LogP contribution in [-0.4, -0.2) is 22.8 Å². The highest BCUT2D eigenvalue weighted by Gasteiger charge is 2.35. The van der Waals surface area contributed by atoms with E-state index >= 15 is 0 Å². The Labute approximate surface area is 87.7 Å². The van der Waals surface area contributed by atoms with Crippen LogP contribution in [0.25, 0.3) is 0 Å². The molecule has 4 nitrogen and oxygen atoms in total. The monoisotopic (exact) mass is 204 g/mol. The molecule has 78 valence electrons. The van der Waals surface area contributed by atoms with E-state index in [2.05, 4.69) is 0 Å². The zero-order chi connectivity index (χ0) is 10.8. The number of carbonyl (C=O) groups is 2. The summed E-state index contributed by atoms with van der Waals surface area (Å²) >= 11 is 0. The van der Waals surface area contributed by atoms with Crippen LogP contribution < -0.4 is 5.73 Å². The molecule has 1 atom stereocenters. The third-order valence-corrected chi connectivity index (χ3v) is 2.46. The Balaban J connectivity index is 2.13. The fraction of sp³-hybridized carbons (Fsp3) is 0.273. The second kappa shape index (κ2) is 3.82. The van der Waals surface area contributed by atoms with Crippen LogP contribution in [0.4, 0.5) is 0 Å². The Morgan fingerprint density at radius 2 is 1.93 bits per heavy atom. The molecule has 4 heteroatoms. The van der Waals surface area contributed by atoms with Crippen molar-refractivity contribution in [3.8, 4) is 0 Å². The second-order valence-corrected chi connectivity index (χ2v) is 3.61. The van der Waals surface area contributed by atoms with Gasteiger partial charge in [0.1, 0.15) is 0 Å². The van der Waals surface area contributed by atoms with Gasteiger partial charge in [0.05, 0.1) is 19.0 Å². The van der Waals surface area contributed by atoms with Crippen LogP contribution in [-0.2, 0) is 16.1 Å². The highest BCUT2D eigenvalue weighted by atomic mass is 16.2. The zero-order valence-corrected chi connectivity index (χ0v) is 8.22. The third-order valence-electron chi connectivity index (χ3n) is 2.46. The molecule has 0 bridgehead atoms. The van der Waals surface area contributed by atoms with Crippen molar-refractivity contribution in [1.29, 1.82) is 0 Å². The lowest BCUT2D eigenvalue weighted by molar-refractivity contribution is -0.139. The summed E-state index contributed by atoms with van der Waals surface area (Å²) in [7, 11) is 0. The molecule has 2 amide bonds. The predicted molar refractivity (Wildman–Crippen MR) is 54.6 cm³/mol. The van der Waals surface area contributed by atoms with E-state index in [1.807, 2.05) is 30.3 Å². The molecule has 0 unspecified atom stereocenters. The number of imide groups is 1. The lowest BCUT2D eigenvalue weighted by atomic mass is 10.2. The third kappa shape index (κ3) is 1.89. The van der Waals surface area contributed by atoms with Gasteiger partial charge in [-0.25, -0.2) is 0 Å². The van der Waals surface area contributed by atoms with Crippen LogP contribution in [0, 0.1) is 0 Å². The van der Waals surface area contributed by atoms with Crippen molar-refractivity contribution in [3.63, 3.8) is 0 Å². The van der Waals surface area contributed by atoms with Gasteiger partial charge in [0.25, 0.3) is 0 Å². The van der Waals surface area contributed by atoms with Crippen molar-refractivity contribution < 1.29 is 9.59 Å². The highest BCUT2D eigenvalue weighted by Crippen LogP contribution is 2.14. The van der Waals surface area contributed by atoms with E-state index in [1.54, 1.807) is 0 Å². The molecule has 1 fully saturated rings. The molecule has 0 saturated carbocycles. The maximum Gasteiger partial charge on any atom is 0.246 e. The van der Waals surface area contributed by atoms with Crippen molar-refractivity contribution in [2.75, 3.05) is 0 Å². The van der Waals surface area contributed by atoms with Gasteiger partial charge in [-0.3, -0.25) is 14.5 Å². The number of rotatable bonds is 2. The van der Waals surface area contributed by atoms with Crippen LogP contribution in [0.5, 0.6) is 0 Å². The summed E-state index contributed by atoms with van der Waals surface area (Å²) in [5, 5.41) is 0. The van der Waals surface area contributed by atoms with Gasteiger partial charge >= 0.3 is 0 Å². The molecular weight excluding hydrogens is 192 g/mol. The first-order valence-electron chi connectivity index (χ1n) is 4.82. The fourth-order valence-electron chi connectivity index (χ4n) is 1.64. The molecule has 0 aliphatic carbocycles. The maximum absolute atomic E-state index is 11.5. The Hall–Kier alpha value is -1.68. The van der Waals surface area contributed by atoms with E-state index in [4.69, 9.17) is 5.73 Å². The van der Waals surface area contributed by atoms with Crippen LogP contribution in [0.2, 0.25) is 0 Å². The number of benzene rings is 1. The normalized spacial score (nSPS) is 21.1. The highest BCUT2D eigenvalue weighted by molar-refractivity contribution is 6.05. The van der Waals surface area contributed by atoms with Gasteiger partial charge in [0.15, 0.2) is 0 Å². The number of amides is 2. The topological polar surface area (TPSA) is 63.4 Å². The Morgan fingerprint density at radius 3 is 2.47 bits per heavy atom. The molecule has 0 spiro atoms. The minimum atomic E-state index is -0.652. The molecule has 1 aromatic rings. The van der Waals surface area contributed by atoms with Crippen LogP contribution in [0.3, 0.4) is 0 Å². The van der Waals surface area contributed by atoms with E-state index in [9.17, 15) is 9.59 Å². The van der Waals surface area contributed by atoms with Gasteiger partial charge in [-0.05, 0) is 5.56 Å². The maximum atomic E-state index is 11.5. The van der Waals surface area contributed by atoms with Gasteiger partial charge in [0.2, 0.25) is 11.8 Å². The van der Waals surface area contributed by atoms with E-state index in [0.29, 0.717) is 6.54 Å². The van der Waals surface area contributed by atoms with Crippen molar-refractivity contribution in [2.24, 2.45) is 5.73 Å². The first kappa shape index (κ1) is 9.86. The number of carbonyl (C=O) groups excluding carboxylic acids is 2. The lowest BCUT2D eigenvalue weighted by Crippen LogP contribution is -2.34. The molecule has 15 heavy (non-hydrogen) atoms. The number of hydrogen-bond acceptors (Lipinski definition) is 3. The Morgan fingerprint density at radius 1 is 1.27 bits per heavy atom. The van der Waals surface area contributed by atoms with E-state index in [0.717, 1.165) is 5.56 Å². The number of likely N-dealkylation sites (tertiary alicyclic amines) is 1. The van der Waals surface area contributed by atoms with Gasteiger partial charge < -0.3 is 5.73 Å². The van der Waals surface area contributed by atoms with Gasteiger partial charge in [-0.1, -0.05) is 30.3 Å². The SMILES string of the molecule is N[C@@H]1CC(=O)N(Cc2ccccc2)C1=O. The first-order chi connectivity index (χ1) is 7.18. The van der Waals surface area contributed by atoms with E-state index < -0.39 is 6.04 Å². The minimum absolute atomic E-state index is 0.131. The van der Waals surface area contributed by atoms with Gasteiger partial charge in [-0.15, -0.1) is 0 Å². The number of nitrogens with two attached hydrogens (primary N) is 1. The summed E-state index contributed by atoms with van der Waals surface area (Å²) in [5.74, 6) is -0.458.